The number of benzene rings is 1. The van der Waals surface area contributed by atoms with Crippen LogP contribution in [0.15, 0.2) is 52.6 Å². The minimum Gasteiger partial charge on any atom is -0.485 e. The quantitative estimate of drug-likeness (QED) is 0.544. The fourth-order valence-corrected chi connectivity index (χ4v) is 5.18. The Morgan fingerprint density at radius 1 is 1.10 bits per heavy atom. The SMILES string of the molecule is Nc1nc(N2CCC3(CC2)Oc2ccccc2[C@H]3N)cnc1Sc1ccnc(N)c1Cl. The average Bonchev–Trinajstić information content (AvgIpc) is 3.05. The molecule has 160 valence electrons. The van der Waals surface area contributed by atoms with Crippen molar-refractivity contribution in [2.45, 2.75) is 34.4 Å². The molecular formula is C21H22ClN7OS. The van der Waals surface area contributed by atoms with E-state index in [2.05, 4.69) is 19.9 Å². The maximum Gasteiger partial charge on any atom is 0.158 e. The number of nitrogens with zero attached hydrogens (tertiary/aromatic N) is 4. The third-order valence-corrected chi connectivity index (χ3v) is 7.48. The number of para-hydroxylation sites is 1. The predicted octanol–water partition coefficient (Wildman–Crippen LogP) is 3.27. The summed E-state index contributed by atoms with van der Waals surface area (Å²) in [5.74, 6) is 2.24. The van der Waals surface area contributed by atoms with Gasteiger partial charge in [0.1, 0.15) is 28.0 Å². The van der Waals surface area contributed by atoms with Gasteiger partial charge in [-0.25, -0.2) is 15.0 Å². The number of aromatic nitrogens is 3. The Hall–Kier alpha value is -2.75. The van der Waals surface area contributed by atoms with E-state index >= 15 is 0 Å². The molecule has 0 unspecified atom stereocenters. The van der Waals surface area contributed by atoms with Gasteiger partial charge in [0, 0.05) is 42.6 Å². The lowest BCUT2D eigenvalue weighted by Crippen LogP contribution is -2.51. The Morgan fingerprint density at radius 3 is 2.61 bits per heavy atom. The molecule has 0 aliphatic carbocycles. The molecule has 1 saturated heterocycles. The Kier molecular flexibility index (Phi) is 5.04. The van der Waals surface area contributed by atoms with Crippen LogP contribution in [0.4, 0.5) is 17.5 Å². The molecule has 8 nitrogen and oxygen atoms in total. The number of nitrogens with two attached hydrogens (primary N) is 3. The standard InChI is InChI=1S/C21H22ClN7OS/c22-16-14(5-8-26-18(16)24)31-20-19(25)28-15(11-27-20)29-9-6-21(7-10-29)17(23)12-3-1-2-4-13(12)30-21/h1-5,8,11,17H,6-7,9-10,23H2,(H2,24,26)(H2,25,28)/t17-/m1/s1. The summed E-state index contributed by atoms with van der Waals surface area (Å²) in [7, 11) is 0. The van der Waals surface area contributed by atoms with Crippen LogP contribution in [0.25, 0.3) is 0 Å². The van der Waals surface area contributed by atoms with Crippen molar-refractivity contribution >= 4 is 40.8 Å². The summed E-state index contributed by atoms with van der Waals surface area (Å²) in [6.07, 6.45) is 4.93. The third kappa shape index (κ3) is 3.52. The molecule has 0 radical (unpaired) electrons. The lowest BCUT2D eigenvalue weighted by Gasteiger charge is -2.41. The normalized spacial score (nSPS) is 19.3. The topological polar surface area (TPSA) is 129 Å². The van der Waals surface area contributed by atoms with Crippen LogP contribution in [0, 0.1) is 0 Å². The first kappa shape index (κ1) is 20.2. The predicted molar refractivity (Wildman–Crippen MR) is 122 cm³/mol. The van der Waals surface area contributed by atoms with Gasteiger partial charge in [-0.3, -0.25) is 0 Å². The molecule has 1 aromatic carbocycles. The highest BCUT2D eigenvalue weighted by Crippen LogP contribution is 2.47. The van der Waals surface area contributed by atoms with Crippen LogP contribution in [-0.4, -0.2) is 33.6 Å². The molecule has 5 rings (SSSR count). The maximum absolute atomic E-state index is 6.56. The second-order valence-corrected chi connectivity index (χ2v) is 9.11. The van der Waals surface area contributed by atoms with Crippen molar-refractivity contribution in [1.29, 1.82) is 0 Å². The van der Waals surface area contributed by atoms with Gasteiger partial charge >= 0.3 is 0 Å². The number of pyridine rings is 1. The van der Waals surface area contributed by atoms with Gasteiger partial charge < -0.3 is 26.8 Å². The zero-order valence-electron chi connectivity index (χ0n) is 16.7. The highest BCUT2D eigenvalue weighted by atomic mass is 35.5. The zero-order valence-corrected chi connectivity index (χ0v) is 18.2. The van der Waals surface area contributed by atoms with E-state index in [1.165, 1.54) is 11.8 Å². The highest BCUT2D eigenvalue weighted by molar-refractivity contribution is 7.99. The van der Waals surface area contributed by atoms with Gasteiger partial charge in [0.25, 0.3) is 0 Å². The lowest BCUT2D eigenvalue weighted by atomic mass is 9.83. The van der Waals surface area contributed by atoms with Crippen molar-refractivity contribution in [3.63, 3.8) is 0 Å². The zero-order chi connectivity index (χ0) is 21.6. The van der Waals surface area contributed by atoms with Crippen LogP contribution < -0.4 is 26.8 Å². The van der Waals surface area contributed by atoms with Gasteiger partial charge in [0.2, 0.25) is 0 Å². The molecule has 2 aliphatic heterocycles. The van der Waals surface area contributed by atoms with Gasteiger partial charge in [-0.15, -0.1) is 0 Å². The molecule has 4 heterocycles. The highest BCUT2D eigenvalue weighted by Gasteiger charge is 2.48. The summed E-state index contributed by atoms with van der Waals surface area (Å²) >= 11 is 7.54. The molecule has 31 heavy (non-hydrogen) atoms. The Balaban J connectivity index is 1.29. The number of hydrogen-bond donors (Lipinski definition) is 3. The summed E-state index contributed by atoms with van der Waals surface area (Å²) in [6.45, 7) is 1.52. The van der Waals surface area contributed by atoms with E-state index in [0.717, 1.165) is 48.0 Å². The second-order valence-electron chi connectivity index (χ2n) is 7.70. The summed E-state index contributed by atoms with van der Waals surface area (Å²) < 4.78 is 6.32. The van der Waals surface area contributed by atoms with Crippen LogP contribution in [0.5, 0.6) is 5.75 Å². The van der Waals surface area contributed by atoms with Crippen molar-refractivity contribution in [2.24, 2.45) is 5.73 Å². The van der Waals surface area contributed by atoms with Crippen LogP contribution in [-0.2, 0) is 0 Å². The van der Waals surface area contributed by atoms with E-state index < -0.39 is 0 Å². The Morgan fingerprint density at radius 2 is 1.87 bits per heavy atom. The lowest BCUT2D eigenvalue weighted by molar-refractivity contribution is 0.0431. The molecule has 0 bridgehead atoms. The van der Waals surface area contributed by atoms with Crippen molar-refractivity contribution in [3.05, 3.63) is 53.3 Å². The summed E-state index contributed by atoms with van der Waals surface area (Å²) in [5.41, 5.74) is 19.2. The Labute approximate surface area is 189 Å². The minimum atomic E-state index is -0.368. The van der Waals surface area contributed by atoms with Gasteiger partial charge in [0.15, 0.2) is 5.82 Å². The van der Waals surface area contributed by atoms with Gasteiger partial charge in [-0.05, 0) is 12.1 Å². The minimum absolute atomic E-state index is 0.127. The Bertz CT molecular complexity index is 1140. The number of nitrogen functional groups attached to an aromatic ring is 2. The first-order valence-electron chi connectivity index (χ1n) is 9.96. The number of hydrogen-bond acceptors (Lipinski definition) is 9. The molecule has 1 fully saturated rings. The number of rotatable bonds is 3. The van der Waals surface area contributed by atoms with Gasteiger partial charge in [-0.1, -0.05) is 41.6 Å². The fraction of sp³-hybridized carbons (Fsp3) is 0.286. The van der Waals surface area contributed by atoms with E-state index in [0.29, 0.717) is 15.9 Å². The van der Waals surface area contributed by atoms with Gasteiger partial charge in [-0.2, -0.15) is 0 Å². The number of fused-ring (bicyclic) bond motifs is 1. The van der Waals surface area contributed by atoms with Crippen molar-refractivity contribution in [2.75, 3.05) is 29.5 Å². The fourth-order valence-electron chi connectivity index (χ4n) is 4.16. The molecule has 1 spiro atoms. The van der Waals surface area contributed by atoms with E-state index in [1.807, 2.05) is 24.3 Å². The van der Waals surface area contributed by atoms with Crippen molar-refractivity contribution in [1.82, 2.24) is 15.0 Å². The monoisotopic (exact) mass is 455 g/mol. The number of piperidine rings is 1. The largest absolute Gasteiger partial charge is 0.485 e. The van der Waals surface area contributed by atoms with Crippen LogP contribution in [0.3, 0.4) is 0 Å². The van der Waals surface area contributed by atoms with Gasteiger partial charge in [0.05, 0.1) is 17.3 Å². The average molecular weight is 456 g/mol. The molecule has 2 aliphatic rings. The molecule has 3 aromatic rings. The van der Waals surface area contributed by atoms with Crippen LogP contribution in [0.1, 0.15) is 24.4 Å². The summed E-state index contributed by atoms with van der Waals surface area (Å²) in [5, 5.41) is 0.953. The maximum atomic E-state index is 6.56. The van der Waals surface area contributed by atoms with Crippen LogP contribution >= 0.6 is 23.4 Å². The molecular weight excluding hydrogens is 434 g/mol. The first-order valence-corrected chi connectivity index (χ1v) is 11.2. The summed E-state index contributed by atoms with van der Waals surface area (Å²) in [6, 6.07) is 9.66. The van der Waals surface area contributed by atoms with E-state index in [1.54, 1.807) is 18.5 Å². The molecule has 6 N–H and O–H groups in total. The smallest absolute Gasteiger partial charge is 0.158 e. The number of anilines is 3. The van der Waals surface area contributed by atoms with E-state index in [4.69, 9.17) is 33.5 Å². The number of ether oxygens (including phenoxy) is 1. The van der Waals surface area contributed by atoms with E-state index in [-0.39, 0.29) is 17.5 Å². The van der Waals surface area contributed by atoms with Crippen LogP contribution in [0.2, 0.25) is 5.02 Å². The molecule has 2 aromatic heterocycles. The molecule has 0 saturated carbocycles. The number of halogens is 1. The summed E-state index contributed by atoms with van der Waals surface area (Å²) in [4.78, 5) is 16.0. The third-order valence-electron chi connectivity index (χ3n) is 5.91. The first-order chi connectivity index (χ1) is 15.0. The molecule has 1 atom stereocenters. The molecule has 0 amide bonds. The van der Waals surface area contributed by atoms with E-state index in [9.17, 15) is 0 Å². The molecule has 10 heteroatoms. The second kappa shape index (κ2) is 7.74. The van der Waals surface area contributed by atoms with Crippen molar-refractivity contribution in [3.8, 4) is 5.75 Å². The van der Waals surface area contributed by atoms with Crippen molar-refractivity contribution < 1.29 is 4.74 Å².